The summed E-state index contributed by atoms with van der Waals surface area (Å²) >= 11 is 2.41. The van der Waals surface area contributed by atoms with Gasteiger partial charge in [-0.15, -0.1) is 0 Å². The molecule has 0 aliphatic heterocycles. The van der Waals surface area contributed by atoms with Crippen molar-refractivity contribution in [3.05, 3.63) is 12.2 Å². The summed E-state index contributed by atoms with van der Waals surface area (Å²) in [7, 11) is 1.64. The molecule has 0 fully saturated rings. The zero-order valence-electron chi connectivity index (χ0n) is 8.30. The maximum atomic E-state index is 5.14. The Kier molecular flexibility index (Phi) is 12.8. The van der Waals surface area contributed by atoms with Gasteiger partial charge in [-0.1, -0.05) is 34.7 Å². The Labute approximate surface area is 94.8 Å². The summed E-state index contributed by atoms with van der Waals surface area (Å²) in [6, 6.07) is 0. The fraction of sp³-hybridized carbons (Fsp3) is 0.800. The lowest BCUT2D eigenvalue weighted by Crippen LogP contribution is -1.96. The van der Waals surface area contributed by atoms with Crippen molar-refractivity contribution < 1.29 is 9.47 Å². The lowest BCUT2D eigenvalue weighted by atomic mass is 10.2. The smallest absolute Gasteiger partial charge is 0.146 e. The summed E-state index contributed by atoms with van der Waals surface area (Å²) in [5.74, 6) is 0. The normalized spacial score (nSPS) is 11.2. The quantitative estimate of drug-likeness (QED) is 0.214. The van der Waals surface area contributed by atoms with Gasteiger partial charge in [0.15, 0.2) is 0 Å². The van der Waals surface area contributed by atoms with Crippen LogP contribution in [0, 0.1) is 0 Å². The molecular formula is C10H19IO2. The van der Waals surface area contributed by atoms with Crippen LogP contribution in [0.4, 0.5) is 0 Å². The third-order valence-corrected chi connectivity index (χ3v) is 2.31. The first-order valence-electron chi connectivity index (χ1n) is 4.69. The average molecular weight is 298 g/mol. The minimum Gasteiger partial charge on any atom is -0.359 e. The summed E-state index contributed by atoms with van der Waals surface area (Å²) in [5, 5.41) is 0. The Bertz CT molecular complexity index is 115. The molecule has 0 heterocycles. The molecule has 0 aliphatic rings. The van der Waals surface area contributed by atoms with Crippen molar-refractivity contribution in [2.75, 3.05) is 24.9 Å². The number of rotatable bonds is 9. The molecule has 0 saturated carbocycles. The van der Waals surface area contributed by atoms with E-state index in [-0.39, 0.29) is 0 Å². The van der Waals surface area contributed by atoms with E-state index in [0.29, 0.717) is 6.79 Å². The molecule has 0 unspecified atom stereocenters. The zero-order chi connectivity index (χ0) is 9.78. The summed E-state index contributed by atoms with van der Waals surface area (Å²) in [5.41, 5.74) is 0. The van der Waals surface area contributed by atoms with E-state index in [1.54, 1.807) is 7.11 Å². The molecule has 0 aromatic rings. The third-order valence-electron chi connectivity index (χ3n) is 1.55. The van der Waals surface area contributed by atoms with Crippen LogP contribution in [-0.4, -0.2) is 24.9 Å². The van der Waals surface area contributed by atoms with Gasteiger partial charge in [0.25, 0.3) is 0 Å². The highest BCUT2D eigenvalue weighted by atomic mass is 127. The summed E-state index contributed by atoms with van der Waals surface area (Å²) in [4.78, 5) is 0. The third kappa shape index (κ3) is 12.4. The molecule has 0 amide bonds. The Morgan fingerprint density at radius 2 is 1.92 bits per heavy atom. The van der Waals surface area contributed by atoms with Gasteiger partial charge in [0.1, 0.15) is 6.79 Å². The van der Waals surface area contributed by atoms with E-state index >= 15 is 0 Å². The van der Waals surface area contributed by atoms with Crippen LogP contribution in [0.5, 0.6) is 0 Å². The van der Waals surface area contributed by atoms with Crippen LogP contribution >= 0.6 is 22.6 Å². The predicted molar refractivity (Wildman–Crippen MR) is 64.3 cm³/mol. The monoisotopic (exact) mass is 298 g/mol. The van der Waals surface area contributed by atoms with Crippen LogP contribution in [0.25, 0.3) is 0 Å². The van der Waals surface area contributed by atoms with E-state index in [0.717, 1.165) is 13.0 Å². The van der Waals surface area contributed by atoms with Crippen molar-refractivity contribution in [2.24, 2.45) is 0 Å². The van der Waals surface area contributed by atoms with Crippen LogP contribution in [-0.2, 0) is 9.47 Å². The Balaban J connectivity index is 2.95. The fourth-order valence-corrected chi connectivity index (χ4v) is 1.43. The second-order valence-corrected chi connectivity index (χ2v) is 3.84. The van der Waals surface area contributed by atoms with Crippen molar-refractivity contribution >= 4 is 22.6 Å². The van der Waals surface area contributed by atoms with Crippen LogP contribution in [0.15, 0.2) is 12.2 Å². The number of methoxy groups -OCH3 is 1. The summed E-state index contributed by atoms with van der Waals surface area (Å²) < 4.78 is 11.2. The molecule has 78 valence electrons. The molecule has 0 saturated heterocycles. The molecule has 13 heavy (non-hydrogen) atoms. The first-order chi connectivity index (χ1) is 6.41. The molecule has 0 spiro atoms. The number of hydrogen-bond donors (Lipinski definition) is 0. The molecule has 0 aromatic heterocycles. The molecule has 0 rings (SSSR count). The Morgan fingerprint density at radius 3 is 2.62 bits per heavy atom. The van der Waals surface area contributed by atoms with Crippen molar-refractivity contribution in [2.45, 2.75) is 25.7 Å². The molecule has 0 atom stereocenters. The van der Waals surface area contributed by atoms with Crippen molar-refractivity contribution in [3.63, 3.8) is 0 Å². The largest absolute Gasteiger partial charge is 0.359 e. The first-order valence-corrected chi connectivity index (χ1v) is 6.22. The highest BCUT2D eigenvalue weighted by Gasteiger charge is 1.84. The lowest BCUT2D eigenvalue weighted by Gasteiger charge is -1.98. The SMILES string of the molecule is COCOCCC=CCCCCI. The van der Waals surface area contributed by atoms with Gasteiger partial charge in [-0.25, -0.2) is 0 Å². The zero-order valence-corrected chi connectivity index (χ0v) is 10.5. The standard InChI is InChI=1S/C10H19IO2/c1-12-10-13-9-7-5-3-2-4-6-8-11/h3,5H,2,4,6-10H2,1H3. The van der Waals surface area contributed by atoms with E-state index in [4.69, 9.17) is 9.47 Å². The van der Waals surface area contributed by atoms with E-state index in [9.17, 15) is 0 Å². The molecule has 3 heteroatoms. The first kappa shape index (κ1) is 13.4. The van der Waals surface area contributed by atoms with Gasteiger partial charge in [-0.3, -0.25) is 0 Å². The van der Waals surface area contributed by atoms with Gasteiger partial charge in [-0.2, -0.15) is 0 Å². The summed E-state index contributed by atoms with van der Waals surface area (Å²) in [6.45, 7) is 1.17. The lowest BCUT2D eigenvalue weighted by molar-refractivity contribution is -0.0285. The van der Waals surface area contributed by atoms with E-state index < -0.39 is 0 Å². The molecule has 0 bridgehead atoms. The Morgan fingerprint density at radius 1 is 1.15 bits per heavy atom. The molecule has 0 N–H and O–H groups in total. The molecular weight excluding hydrogens is 279 g/mol. The maximum Gasteiger partial charge on any atom is 0.146 e. The Hall–Kier alpha value is 0.390. The minimum atomic E-state index is 0.405. The molecule has 0 aromatic carbocycles. The highest BCUT2D eigenvalue weighted by molar-refractivity contribution is 14.1. The van der Waals surface area contributed by atoms with Gasteiger partial charge in [-0.05, 0) is 30.1 Å². The van der Waals surface area contributed by atoms with Gasteiger partial charge in [0.05, 0.1) is 6.61 Å². The number of allylic oxidation sites excluding steroid dienone is 1. The summed E-state index contributed by atoms with van der Waals surface area (Å²) in [6.07, 6.45) is 9.25. The topological polar surface area (TPSA) is 18.5 Å². The number of alkyl halides is 1. The molecule has 0 radical (unpaired) electrons. The fourth-order valence-electron chi connectivity index (χ4n) is 0.886. The molecule has 0 aliphatic carbocycles. The van der Waals surface area contributed by atoms with Gasteiger partial charge in [0, 0.05) is 7.11 Å². The van der Waals surface area contributed by atoms with Crippen LogP contribution in [0.3, 0.4) is 0 Å². The number of ether oxygens (including phenoxy) is 2. The van der Waals surface area contributed by atoms with E-state index in [1.807, 2.05) is 0 Å². The molecule has 2 nitrogen and oxygen atoms in total. The second kappa shape index (κ2) is 12.4. The van der Waals surface area contributed by atoms with Crippen molar-refractivity contribution in [1.82, 2.24) is 0 Å². The van der Waals surface area contributed by atoms with Crippen LogP contribution in [0.1, 0.15) is 25.7 Å². The minimum absolute atomic E-state index is 0.405. The number of unbranched alkanes of at least 4 members (excludes halogenated alkanes) is 2. The predicted octanol–water partition coefficient (Wildman–Crippen LogP) is 3.16. The van der Waals surface area contributed by atoms with Gasteiger partial charge >= 0.3 is 0 Å². The van der Waals surface area contributed by atoms with Gasteiger partial charge in [0.2, 0.25) is 0 Å². The van der Waals surface area contributed by atoms with Crippen LogP contribution in [0.2, 0.25) is 0 Å². The van der Waals surface area contributed by atoms with E-state index in [1.165, 1.54) is 23.7 Å². The van der Waals surface area contributed by atoms with Gasteiger partial charge < -0.3 is 9.47 Å². The number of halogens is 1. The van der Waals surface area contributed by atoms with Crippen molar-refractivity contribution in [1.29, 1.82) is 0 Å². The maximum absolute atomic E-state index is 5.14. The highest BCUT2D eigenvalue weighted by Crippen LogP contribution is 2.00. The van der Waals surface area contributed by atoms with Crippen LogP contribution < -0.4 is 0 Å². The van der Waals surface area contributed by atoms with Crippen molar-refractivity contribution in [3.8, 4) is 0 Å². The average Bonchev–Trinajstić information content (AvgIpc) is 2.16. The second-order valence-electron chi connectivity index (χ2n) is 2.76. The number of hydrogen-bond acceptors (Lipinski definition) is 2. The van der Waals surface area contributed by atoms with E-state index in [2.05, 4.69) is 34.7 Å².